The van der Waals surface area contributed by atoms with Crippen LogP contribution in [0.15, 0.2) is 0 Å². The van der Waals surface area contributed by atoms with Crippen LogP contribution in [0.25, 0.3) is 0 Å². The van der Waals surface area contributed by atoms with E-state index in [1.165, 1.54) is 18.7 Å². The Morgan fingerprint density at radius 1 is 1.27 bits per heavy atom. The Kier molecular flexibility index (Phi) is 8.65. The first-order valence-electron chi connectivity index (χ1n) is 14.4. The molecule has 0 aromatic heterocycles. The summed E-state index contributed by atoms with van der Waals surface area (Å²) in [5, 5.41) is 6.95. The first-order chi connectivity index (χ1) is 17.8. The third-order valence-electron chi connectivity index (χ3n) is 9.28. The van der Waals surface area contributed by atoms with Crippen LogP contribution in [0.1, 0.15) is 46.0 Å². The van der Waals surface area contributed by atoms with Gasteiger partial charge in [-0.1, -0.05) is 19.8 Å². The number of alkyl halides is 1. The van der Waals surface area contributed by atoms with Crippen LogP contribution in [0.3, 0.4) is 0 Å². The van der Waals surface area contributed by atoms with Crippen molar-refractivity contribution >= 4 is 23.3 Å². The molecule has 210 valence electrons. The highest BCUT2D eigenvalue weighted by atomic mass is 35.5. The van der Waals surface area contributed by atoms with Crippen molar-refractivity contribution in [2.75, 3.05) is 65.6 Å². The number of nitrogens with one attached hydrogen (secondary N) is 2. The molecule has 5 aliphatic heterocycles. The summed E-state index contributed by atoms with van der Waals surface area (Å²) in [6.45, 7) is 13.6. The van der Waals surface area contributed by atoms with Gasteiger partial charge in [-0.05, 0) is 26.3 Å². The van der Waals surface area contributed by atoms with Gasteiger partial charge in [0.25, 0.3) is 5.84 Å². The standard InChI is InChI=1S/C26H47ClN8O2/c1-3-4-5-6-21-34-14-18(27)15-35(21)25(34)22(23(28)29)24(36)31-19-13-30-8-7-20(19)32-9-11-33(12-10-32)26(2)16-37-17-26/h18-20,22-23,25,30H,3-17,28-29H2,1-2H3/p+1. The molecular weight excluding hydrogens is 492 g/mol. The van der Waals surface area contributed by atoms with Gasteiger partial charge < -0.3 is 26.8 Å². The fourth-order valence-corrected chi connectivity index (χ4v) is 7.39. The average molecular weight is 540 g/mol. The van der Waals surface area contributed by atoms with Crippen molar-refractivity contribution in [3.05, 3.63) is 0 Å². The minimum absolute atomic E-state index is 0.0351. The molecular formula is C26H48ClN8O2+. The third kappa shape index (κ3) is 5.53. The van der Waals surface area contributed by atoms with Crippen LogP contribution in [0.4, 0.5) is 0 Å². The van der Waals surface area contributed by atoms with Crippen LogP contribution in [-0.2, 0) is 9.53 Å². The number of carbonyl (C=O) groups excluding carboxylic acids is 1. The predicted octanol–water partition coefficient (Wildman–Crippen LogP) is -0.647. The Bertz CT molecular complexity index is 844. The molecule has 5 heterocycles. The van der Waals surface area contributed by atoms with Gasteiger partial charge in [0.1, 0.15) is 24.4 Å². The average Bonchev–Trinajstić information content (AvgIpc) is 2.87. The van der Waals surface area contributed by atoms with Gasteiger partial charge in [0, 0.05) is 45.2 Å². The maximum atomic E-state index is 13.8. The van der Waals surface area contributed by atoms with Crippen LogP contribution < -0.4 is 22.1 Å². The zero-order valence-corrected chi connectivity index (χ0v) is 23.5. The molecule has 0 saturated carbocycles. The molecule has 5 unspecified atom stereocenters. The lowest BCUT2D eigenvalue weighted by atomic mass is 9.91. The van der Waals surface area contributed by atoms with Crippen molar-refractivity contribution in [3.63, 3.8) is 0 Å². The SMILES string of the molecule is CCCCCC1=[N+]2CC(Cl)CN1C2C(C(=O)NC1CNCCC1N1CCN(C2(C)COC2)CC1)C(N)N. The number of amides is 1. The molecule has 3 fully saturated rings. The molecule has 37 heavy (non-hydrogen) atoms. The number of amidine groups is 1. The molecule has 10 nitrogen and oxygen atoms in total. The third-order valence-corrected chi connectivity index (χ3v) is 9.56. The molecule has 0 aromatic rings. The van der Waals surface area contributed by atoms with E-state index in [0.29, 0.717) is 6.04 Å². The molecule has 1 amide bonds. The van der Waals surface area contributed by atoms with E-state index in [2.05, 4.69) is 43.8 Å². The molecule has 0 spiro atoms. The van der Waals surface area contributed by atoms with E-state index in [-0.39, 0.29) is 29.0 Å². The topological polar surface area (TPSA) is 115 Å². The number of unbranched alkanes of at least 4 members (excludes halogenated alkanes) is 2. The molecule has 11 heteroatoms. The first kappa shape index (κ1) is 27.6. The number of piperazine rings is 1. The van der Waals surface area contributed by atoms with Crippen molar-refractivity contribution in [3.8, 4) is 0 Å². The summed E-state index contributed by atoms with van der Waals surface area (Å²) in [6.07, 6.45) is 4.76. The highest BCUT2D eigenvalue weighted by Crippen LogP contribution is 2.32. The zero-order chi connectivity index (χ0) is 26.2. The number of nitrogens with zero attached hydrogens (tertiary/aromatic N) is 4. The fourth-order valence-electron chi connectivity index (χ4n) is 7.09. The number of piperidine rings is 1. The normalized spacial score (nSPS) is 33.2. The van der Waals surface area contributed by atoms with Crippen LogP contribution in [0.2, 0.25) is 0 Å². The Morgan fingerprint density at radius 3 is 2.62 bits per heavy atom. The van der Waals surface area contributed by atoms with Crippen molar-refractivity contribution in [1.29, 1.82) is 0 Å². The van der Waals surface area contributed by atoms with E-state index in [1.54, 1.807) is 0 Å². The summed E-state index contributed by atoms with van der Waals surface area (Å²) in [5.74, 6) is 0.763. The van der Waals surface area contributed by atoms with Gasteiger partial charge in [0.2, 0.25) is 12.1 Å². The number of halogens is 1. The van der Waals surface area contributed by atoms with E-state index in [9.17, 15) is 4.79 Å². The number of rotatable bonds is 10. The maximum Gasteiger partial charge on any atom is 0.253 e. The van der Waals surface area contributed by atoms with Gasteiger partial charge >= 0.3 is 0 Å². The minimum Gasteiger partial charge on any atom is -0.377 e. The van der Waals surface area contributed by atoms with Gasteiger partial charge in [0.05, 0.1) is 31.0 Å². The summed E-state index contributed by atoms with van der Waals surface area (Å²) in [4.78, 5) is 21.2. The molecule has 6 N–H and O–H groups in total. The largest absolute Gasteiger partial charge is 0.377 e. The van der Waals surface area contributed by atoms with Crippen molar-refractivity contribution in [1.82, 2.24) is 25.3 Å². The second-order valence-corrected chi connectivity index (χ2v) is 12.6. The van der Waals surface area contributed by atoms with E-state index in [4.69, 9.17) is 27.8 Å². The van der Waals surface area contributed by atoms with Crippen LogP contribution in [0, 0.1) is 5.92 Å². The maximum absolute atomic E-state index is 13.8. The van der Waals surface area contributed by atoms with Crippen LogP contribution in [-0.4, -0.2) is 132 Å². The summed E-state index contributed by atoms with van der Waals surface area (Å²) < 4.78 is 7.79. The number of fused-ring (bicyclic) bond motifs is 1. The number of ether oxygens (including phenoxy) is 1. The summed E-state index contributed by atoms with van der Waals surface area (Å²) in [6, 6.07) is 0.354. The van der Waals surface area contributed by atoms with E-state index in [0.717, 1.165) is 84.8 Å². The molecule has 5 atom stereocenters. The van der Waals surface area contributed by atoms with E-state index in [1.807, 2.05) is 0 Å². The highest BCUT2D eigenvalue weighted by molar-refractivity contribution is 6.21. The molecule has 0 aromatic carbocycles. The lowest BCUT2D eigenvalue weighted by Crippen LogP contribution is -2.75. The molecule has 5 rings (SSSR count). The molecule has 2 bridgehead atoms. The monoisotopic (exact) mass is 539 g/mol. The lowest BCUT2D eigenvalue weighted by molar-refractivity contribution is -0.649. The van der Waals surface area contributed by atoms with E-state index < -0.39 is 12.1 Å². The minimum atomic E-state index is -0.733. The van der Waals surface area contributed by atoms with Crippen molar-refractivity contribution in [2.24, 2.45) is 17.4 Å². The summed E-state index contributed by atoms with van der Waals surface area (Å²) >= 11 is 6.53. The Morgan fingerprint density at radius 2 is 2.03 bits per heavy atom. The molecule has 5 aliphatic rings. The molecule has 0 radical (unpaired) electrons. The number of hydrogen-bond donors (Lipinski definition) is 4. The number of hydrogen-bond acceptors (Lipinski definition) is 8. The van der Waals surface area contributed by atoms with Gasteiger partial charge in [-0.25, -0.2) is 9.48 Å². The summed E-state index contributed by atoms with van der Waals surface area (Å²) in [7, 11) is 0. The fraction of sp³-hybridized carbons (Fsp3) is 0.923. The second-order valence-electron chi connectivity index (χ2n) is 12.0. The number of carbonyl (C=O) groups is 1. The quantitative estimate of drug-likeness (QED) is 0.125. The van der Waals surface area contributed by atoms with Gasteiger partial charge in [-0.15, -0.1) is 11.6 Å². The van der Waals surface area contributed by atoms with Gasteiger partial charge in [-0.2, -0.15) is 0 Å². The predicted molar refractivity (Wildman–Crippen MR) is 146 cm³/mol. The highest BCUT2D eigenvalue weighted by Gasteiger charge is 2.58. The van der Waals surface area contributed by atoms with Crippen LogP contribution in [0.5, 0.6) is 0 Å². The Labute approximate surface area is 227 Å². The second kappa shape index (κ2) is 11.6. The Balaban J connectivity index is 1.23. The number of nitrogens with two attached hydrogens (primary N) is 2. The smallest absolute Gasteiger partial charge is 0.253 e. The van der Waals surface area contributed by atoms with E-state index >= 15 is 0 Å². The molecule has 3 saturated heterocycles. The Hall–Kier alpha value is -1.01. The van der Waals surface area contributed by atoms with Crippen molar-refractivity contribution < 1.29 is 14.1 Å². The lowest BCUT2D eigenvalue weighted by Gasteiger charge is -2.52. The van der Waals surface area contributed by atoms with Crippen LogP contribution >= 0.6 is 11.6 Å². The van der Waals surface area contributed by atoms with Gasteiger partial charge in [0.15, 0.2) is 0 Å². The van der Waals surface area contributed by atoms with Crippen molar-refractivity contribution in [2.45, 2.75) is 81.3 Å². The molecule has 0 aliphatic carbocycles. The van der Waals surface area contributed by atoms with Gasteiger partial charge in [-0.3, -0.25) is 14.6 Å². The summed E-state index contributed by atoms with van der Waals surface area (Å²) in [5.41, 5.74) is 12.8. The first-order valence-corrected chi connectivity index (χ1v) is 14.9. The zero-order valence-electron chi connectivity index (χ0n) is 22.7.